The van der Waals surface area contributed by atoms with Gasteiger partial charge in [0, 0.05) is 11.3 Å². The molecular weight excluding hydrogens is 350 g/mol. The van der Waals surface area contributed by atoms with Crippen molar-refractivity contribution >= 4 is 23.3 Å². The fraction of sp³-hybridized carbons (Fsp3) is 0.0952. The van der Waals surface area contributed by atoms with E-state index in [1.54, 1.807) is 19.2 Å². The lowest BCUT2D eigenvalue weighted by Crippen LogP contribution is -2.06. The van der Waals surface area contributed by atoms with Crippen LogP contribution in [0.5, 0.6) is 5.75 Å². The van der Waals surface area contributed by atoms with Crippen molar-refractivity contribution in [1.82, 2.24) is 0 Å². The maximum Gasteiger partial charge on any atom is 0.339 e. The van der Waals surface area contributed by atoms with E-state index in [0.29, 0.717) is 16.3 Å². The Kier molecular flexibility index (Phi) is 5.14. The molecule has 0 aliphatic heterocycles. The molecule has 0 aliphatic carbocycles. The van der Waals surface area contributed by atoms with Crippen LogP contribution in [0.3, 0.4) is 0 Å². The molecule has 0 saturated heterocycles. The highest BCUT2D eigenvalue weighted by Crippen LogP contribution is 2.34. The molecule has 0 heterocycles. The van der Waals surface area contributed by atoms with Gasteiger partial charge in [-0.1, -0.05) is 48.0 Å². The van der Waals surface area contributed by atoms with Gasteiger partial charge in [0.15, 0.2) is 0 Å². The second kappa shape index (κ2) is 7.50. The van der Waals surface area contributed by atoms with Gasteiger partial charge < -0.3 is 15.2 Å². The Bertz CT molecular complexity index is 952. The molecule has 0 bridgehead atoms. The maximum atomic E-state index is 11.9. The summed E-state index contributed by atoms with van der Waals surface area (Å²) in [6.45, 7) is 0. The molecule has 26 heavy (non-hydrogen) atoms. The van der Waals surface area contributed by atoms with Crippen LogP contribution in [-0.4, -0.2) is 20.2 Å². The quantitative estimate of drug-likeness (QED) is 0.517. The van der Waals surface area contributed by atoms with Crippen LogP contribution in [0.2, 0.25) is 5.02 Å². The highest BCUT2D eigenvalue weighted by atomic mass is 35.5. The van der Waals surface area contributed by atoms with Gasteiger partial charge in [-0.05, 0) is 41.0 Å². The van der Waals surface area contributed by atoms with E-state index in [9.17, 15) is 4.79 Å². The number of rotatable bonds is 4. The van der Waals surface area contributed by atoms with Gasteiger partial charge in [0.25, 0.3) is 0 Å². The lowest BCUT2D eigenvalue weighted by atomic mass is 9.98. The summed E-state index contributed by atoms with van der Waals surface area (Å²) >= 11 is 6.33. The fourth-order valence-electron chi connectivity index (χ4n) is 2.74. The molecule has 3 aromatic carbocycles. The molecule has 132 valence electrons. The first kappa shape index (κ1) is 17.8. The van der Waals surface area contributed by atoms with Crippen molar-refractivity contribution in [2.75, 3.05) is 20.0 Å². The highest BCUT2D eigenvalue weighted by molar-refractivity contribution is 6.34. The van der Waals surface area contributed by atoms with Crippen molar-refractivity contribution in [3.05, 3.63) is 71.2 Å². The predicted octanol–water partition coefficient (Wildman–Crippen LogP) is 5.05. The van der Waals surface area contributed by atoms with Crippen molar-refractivity contribution in [3.8, 4) is 28.0 Å². The average Bonchev–Trinajstić information content (AvgIpc) is 2.68. The van der Waals surface area contributed by atoms with Crippen molar-refractivity contribution in [1.29, 1.82) is 0 Å². The van der Waals surface area contributed by atoms with Crippen LogP contribution >= 0.6 is 11.6 Å². The number of benzene rings is 3. The first-order chi connectivity index (χ1) is 12.5. The van der Waals surface area contributed by atoms with E-state index in [-0.39, 0.29) is 0 Å². The van der Waals surface area contributed by atoms with Gasteiger partial charge in [-0.15, -0.1) is 0 Å². The number of nitrogens with two attached hydrogens (primary N) is 1. The molecule has 0 amide bonds. The number of esters is 1. The zero-order valence-electron chi connectivity index (χ0n) is 14.5. The SMILES string of the molecule is COC(=O)c1cc(-c2ccc(-c3cccc(OC)c3)cc2)c(Cl)cc1N. The molecule has 0 aliphatic rings. The Morgan fingerprint density at radius 3 is 2.27 bits per heavy atom. The fourth-order valence-corrected chi connectivity index (χ4v) is 3.02. The summed E-state index contributed by atoms with van der Waals surface area (Å²) in [5.74, 6) is 0.310. The number of nitrogen functional groups attached to an aromatic ring is 1. The van der Waals surface area contributed by atoms with Gasteiger partial charge in [-0.25, -0.2) is 4.79 Å². The Hall–Kier alpha value is -2.98. The van der Waals surface area contributed by atoms with Gasteiger partial charge in [0.2, 0.25) is 0 Å². The summed E-state index contributed by atoms with van der Waals surface area (Å²) in [4.78, 5) is 11.9. The normalized spacial score (nSPS) is 10.4. The van der Waals surface area contributed by atoms with Crippen molar-refractivity contribution in [2.45, 2.75) is 0 Å². The molecular formula is C21H18ClNO3. The van der Waals surface area contributed by atoms with Crippen LogP contribution in [-0.2, 0) is 4.74 Å². The largest absolute Gasteiger partial charge is 0.497 e. The predicted molar refractivity (Wildman–Crippen MR) is 105 cm³/mol. The summed E-state index contributed by atoms with van der Waals surface area (Å²) < 4.78 is 10.0. The van der Waals surface area contributed by atoms with E-state index in [1.807, 2.05) is 48.5 Å². The number of hydrogen-bond acceptors (Lipinski definition) is 4. The Labute approximate surface area is 157 Å². The van der Waals surface area contributed by atoms with E-state index in [4.69, 9.17) is 26.8 Å². The van der Waals surface area contributed by atoms with Gasteiger partial charge in [-0.3, -0.25) is 0 Å². The molecule has 0 atom stereocenters. The lowest BCUT2D eigenvalue weighted by molar-refractivity contribution is 0.0602. The van der Waals surface area contributed by atoms with Crippen molar-refractivity contribution < 1.29 is 14.3 Å². The van der Waals surface area contributed by atoms with Gasteiger partial charge >= 0.3 is 5.97 Å². The number of anilines is 1. The zero-order valence-corrected chi connectivity index (χ0v) is 15.2. The standard InChI is InChI=1S/C21H18ClNO3/c1-25-16-5-3-4-15(10-16)13-6-8-14(9-7-13)17-11-18(21(24)26-2)20(23)12-19(17)22/h3-12H,23H2,1-2H3. The number of carbonyl (C=O) groups excluding carboxylic acids is 1. The Morgan fingerprint density at radius 2 is 1.62 bits per heavy atom. The number of carbonyl (C=O) groups is 1. The third-order valence-electron chi connectivity index (χ3n) is 4.14. The van der Waals surface area contributed by atoms with Crippen molar-refractivity contribution in [3.63, 3.8) is 0 Å². The first-order valence-electron chi connectivity index (χ1n) is 7.95. The van der Waals surface area contributed by atoms with Crippen LogP contribution < -0.4 is 10.5 Å². The minimum atomic E-state index is -0.492. The van der Waals surface area contributed by atoms with Gasteiger partial charge in [-0.2, -0.15) is 0 Å². The summed E-state index contributed by atoms with van der Waals surface area (Å²) in [5, 5.41) is 0.476. The zero-order chi connectivity index (χ0) is 18.7. The lowest BCUT2D eigenvalue weighted by Gasteiger charge is -2.11. The van der Waals surface area contributed by atoms with Gasteiger partial charge in [0.1, 0.15) is 5.75 Å². The summed E-state index contributed by atoms with van der Waals surface area (Å²) in [6.07, 6.45) is 0. The Balaban J connectivity index is 1.99. The molecule has 0 spiro atoms. The molecule has 3 aromatic rings. The van der Waals surface area contributed by atoms with Crippen molar-refractivity contribution in [2.24, 2.45) is 0 Å². The smallest absolute Gasteiger partial charge is 0.339 e. The van der Waals surface area contributed by atoms with E-state index in [0.717, 1.165) is 28.0 Å². The minimum Gasteiger partial charge on any atom is -0.497 e. The number of hydrogen-bond donors (Lipinski definition) is 1. The molecule has 0 fully saturated rings. The second-order valence-electron chi connectivity index (χ2n) is 5.72. The maximum absolute atomic E-state index is 11.9. The molecule has 2 N–H and O–H groups in total. The second-order valence-corrected chi connectivity index (χ2v) is 6.13. The molecule has 0 aromatic heterocycles. The molecule has 3 rings (SSSR count). The summed E-state index contributed by atoms with van der Waals surface area (Å²) in [6, 6.07) is 19.0. The summed E-state index contributed by atoms with van der Waals surface area (Å²) in [5.41, 5.74) is 10.2. The molecule has 5 heteroatoms. The molecule has 0 unspecified atom stereocenters. The third kappa shape index (κ3) is 3.51. The van der Waals surface area contributed by atoms with E-state index < -0.39 is 5.97 Å². The monoisotopic (exact) mass is 367 g/mol. The summed E-state index contributed by atoms with van der Waals surface area (Å²) in [7, 11) is 2.96. The molecule has 0 radical (unpaired) electrons. The van der Waals surface area contributed by atoms with Crippen LogP contribution in [0.4, 0.5) is 5.69 Å². The van der Waals surface area contributed by atoms with E-state index in [2.05, 4.69) is 0 Å². The highest BCUT2D eigenvalue weighted by Gasteiger charge is 2.15. The minimum absolute atomic E-state index is 0.290. The average molecular weight is 368 g/mol. The molecule has 0 saturated carbocycles. The van der Waals surface area contributed by atoms with Crippen LogP contribution in [0.25, 0.3) is 22.3 Å². The Morgan fingerprint density at radius 1 is 0.923 bits per heavy atom. The first-order valence-corrected chi connectivity index (χ1v) is 8.33. The van der Waals surface area contributed by atoms with Crippen LogP contribution in [0, 0.1) is 0 Å². The van der Waals surface area contributed by atoms with Gasteiger partial charge in [0.05, 0.1) is 24.8 Å². The van der Waals surface area contributed by atoms with E-state index >= 15 is 0 Å². The third-order valence-corrected chi connectivity index (χ3v) is 4.46. The number of methoxy groups -OCH3 is 2. The molecule has 4 nitrogen and oxygen atoms in total. The number of ether oxygens (including phenoxy) is 2. The topological polar surface area (TPSA) is 61.5 Å². The van der Waals surface area contributed by atoms with Crippen LogP contribution in [0.15, 0.2) is 60.7 Å². The van der Waals surface area contributed by atoms with Crippen LogP contribution in [0.1, 0.15) is 10.4 Å². The number of halogens is 1. The van der Waals surface area contributed by atoms with E-state index in [1.165, 1.54) is 7.11 Å².